The average Bonchev–Trinajstić information content (AvgIpc) is 2.78. The molecule has 0 bridgehead atoms. The number of anilines is 1. The molecule has 2 amide bonds. The Morgan fingerprint density at radius 1 is 0.931 bits per heavy atom. The monoisotopic (exact) mass is 383 g/mol. The van der Waals surface area contributed by atoms with Gasteiger partial charge in [0.2, 0.25) is 0 Å². The molecule has 0 saturated heterocycles. The Hall–Kier alpha value is -3.91. The van der Waals surface area contributed by atoms with Crippen molar-refractivity contribution in [2.75, 3.05) is 11.9 Å². The van der Waals surface area contributed by atoms with Gasteiger partial charge in [-0.15, -0.1) is 0 Å². The van der Waals surface area contributed by atoms with Crippen molar-refractivity contribution in [3.63, 3.8) is 0 Å². The second kappa shape index (κ2) is 9.34. The zero-order valence-electron chi connectivity index (χ0n) is 16.1. The van der Waals surface area contributed by atoms with Crippen LogP contribution in [0.2, 0.25) is 0 Å². The second-order valence-electron chi connectivity index (χ2n) is 6.53. The number of amides is 2. The topological polar surface area (TPSA) is 73.2 Å². The molecule has 3 rings (SSSR count). The van der Waals surface area contributed by atoms with E-state index in [0.29, 0.717) is 35.5 Å². The summed E-state index contributed by atoms with van der Waals surface area (Å²) in [5, 5.41) is 11.7. The number of nitrogens with zero attached hydrogens (tertiary/aromatic N) is 2. The van der Waals surface area contributed by atoms with Crippen molar-refractivity contribution in [3.8, 4) is 6.07 Å². The molecule has 0 atom stereocenters. The lowest BCUT2D eigenvalue weighted by Gasteiger charge is -2.21. The minimum atomic E-state index is -0.296. The summed E-state index contributed by atoms with van der Waals surface area (Å²) in [7, 11) is 0. The fourth-order valence-electron chi connectivity index (χ4n) is 2.95. The number of nitriles is 1. The number of benzene rings is 3. The molecule has 0 heterocycles. The number of carbonyl (C=O) groups excluding carboxylic acids is 2. The maximum Gasteiger partial charge on any atom is 0.255 e. The Balaban J connectivity index is 1.69. The van der Waals surface area contributed by atoms with Crippen LogP contribution in [-0.2, 0) is 6.54 Å². The van der Waals surface area contributed by atoms with Crippen LogP contribution in [0.4, 0.5) is 5.69 Å². The van der Waals surface area contributed by atoms with Crippen molar-refractivity contribution in [1.29, 1.82) is 5.26 Å². The molecule has 0 aromatic heterocycles. The summed E-state index contributed by atoms with van der Waals surface area (Å²) in [6, 6.07) is 25.2. The predicted octanol–water partition coefficient (Wildman–Crippen LogP) is 4.47. The van der Waals surface area contributed by atoms with E-state index < -0.39 is 0 Å². The van der Waals surface area contributed by atoms with E-state index in [-0.39, 0.29) is 11.8 Å². The van der Waals surface area contributed by atoms with Gasteiger partial charge in [0, 0.05) is 29.9 Å². The normalized spacial score (nSPS) is 10.1. The Morgan fingerprint density at radius 3 is 2.28 bits per heavy atom. The van der Waals surface area contributed by atoms with Crippen LogP contribution in [0, 0.1) is 11.3 Å². The number of rotatable bonds is 6. The third-order valence-corrected chi connectivity index (χ3v) is 4.53. The molecule has 29 heavy (non-hydrogen) atoms. The third kappa shape index (κ3) is 5.08. The molecule has 5 nitrogen and oxygen atoms in total. The van der Waals surface area contributed by atoms with Gasteiger partial charge in [-0.3, -0.25) is 9.59 Å². The van der Waals surface area contributed by atoms with Crippen LogP contribution < -0.4 is 5.32 Å². The van der Waals surface area contributed by atoms with E-state index in [1.165, 1.54) is 0 Å². The van der Waals surface area contributed by atoms with Crippen LogP contribution in [-0.4, -0.2) is 23.3 Å². The van der Waals surface area contributed by atoms with Gasteiger partial charge in [-0.05, 0) is 55.0 Å². The van der Waals surface area contributed by atoms with Crippen molar-refractivity contribution in [2.45, 2.75) is 13.5 Å². The summed E-state index contributed by atoms with van der Waals surface area (Å²) >= 11 is 0. The van der Waals surface area contributed by atoms with Gasteiger partial charge < -0.3 is 10.2 Å². The summed E-state index contributed by atoms with van der Waals surface area (Å²) < 4.78 is 0. The van der Waals surface area contributed by atoms with E-state index in [9.17, 15) is 9.59 Å². The molecule has 0 fully saturated rings. The predicted molar refractivity (Wildman–Crippen MR) is 112 cm³/mol. The quantitative estimate of drug-likeness (QED) is 0.682. The molecule has 0 aliphatic rings. The van der Waals surface area contributed by atoms with Crippen molar-refractivity contribution in [1.82, 2.24) is 4.90 Å². The van der Waals surface area contributed by atoms with Crippen LogP contribution in [0.5, 0.6) is 0 Å². The highest BCUT2D eigenvalue weighted by atomic mass is 16.2. The molecule has 0 aliphatic carbocycles. The van der Waals surface area contributed by atoms with E-state index in [2.05, 4.69) is 5.32 Å². The lowest BCUT2D eigenvalue weighted by Crippen LogP contribution is -2.30. The van der Waals surface area contributed by atoms with E-state index in [0.717, 1.165) is 5.56 Å². The second-order valence-corrected chi connectivity index (χ2v) is 6.53. The first-order valence-electron chi connectivity index (χ1n) is 9.35. The summed E-state index contributed by atoms with van der Waals surface area (Å²) in [4.78, 5) is 27.0. The summed E-state index contributed by atoms with van der Waals surface area (Å²) in [6.45, 7) is 3.07. The average molecular weight is 383 g/mol. The maximum absolute atomic E-state index is 12.8. The van der Waals surface area contributed by atoms with Gasteiger partial charge >= 0.3 is 0 Å². The Bertz CT molecular complexity index is 1040. The van der Waals surface area contributed by atoms with Gasteiger partial charge in [0.25, 0.3) is 11.8 Å². The zero-order valence-corrected chi connectivity index (χ0v) is 16.1. The Labute approximate surface area is 170 Å². The van der Waals surface area contributed by atoms with E-state index in [4.69, 9.17) is 5.26 Å². The van der Waals surface area contributed by atoms with Crippen LogP contribution in [0.1, 0.15) is 38.8 Å². The van der Waals surface area contributed by atoms with Gasteiger partial charge in [0.05, 0.1) is 11.6 Å². The fraction of sp³-hybridized carbons (Fsp3) is 0.125. The lowest BCUT2D eigenvalue weighted by molar-refractivity contribution is 0.0752. The number of nitrogens with one attached hydrogen (secondary N) is 1. The van der Waals surface area contributed by atoms with Crippen molar-refractivity contribution in [2.24, 2.45) is 0 Å². The molecule has 0 saturated carbocycles. The summed E-state index contributed by atoms with van der Waals surface area (Å²) in [6.07, 6.45) is 0. The molecular weight excluding hydrogens is 362 g/mol. The van der Waals surface area contributed by atoms with Gasteiger partial charge in [0.1, 0.15) is 0 Å². The largest absolute Gasteiger partial charge is 0.335 e. The first-order valence-corrected chi connectivity index (χ1v) is 9.35. The molecule has 144 valence electrons. The summed E-state index contributed by atoms with van der Waals surface area (Å²) in [5.74, 6) is -0.374. The maximum atomic E-state index is 12.8. The van der Waals surface area contributed by atoms with Crippen LogP contribution in [0.15, 0.2) is 78.9 Å². The molecule has 0 radical (unpaired) electrons. The Kier molecular flexibility index (Phi) is 6.39. The van der Waals surface area contributed by atoms with Gasteiger partial charge in [-0.1, -0.05) is 36.4 Å². The number of hydrogen-bond acceptors (Lipinski definition) is 3. The van der Waals surface area contributed by atoms with Gasteiger partial charge in [-0.2, -0.15) is 5.26 Å². The first-order chi connectivity index (χ1) is 14.1. The highest BCUT2D eigenvalue weighted by Gasteiger charge is 2.15. The molecule has 3 aromatic rings. The number of hydrogen-bond donors (Lipinski definition) is 1. The van der Waals surface area contributed by atoms with Crippen molar-refractivity contribution in [3.05, 3.63) is 101 Å². The minimum absolute atomic E-state index is 0.0787. The van der Waals surface area contributed by atoms with E-state index in [1.54, 1.807) is 53.4 Å². The third-order valence-electron chi connectivity index (χ3n) is 4.53. The Morgan fingerprint density at radius 2 is 1.62 bits per heavy atom. The molecule has 1 N–H and O–H groups in total. The molecule has 0 spiro atoms. The highest BCUT2D eigenvalue weighted by Crippen LogP contribution is 2.14. The van der Waals surface area contributed by atoms with Gasteiger partial charge in [0.15, 0.2) is 0 Å². The SMILES string of the molecule is CCN(Cc1ccccc1)C(=O)c1ccc(C(=O)Nc2cccc(C#N)c2)cc1. The van der Waals surface area contributed by atoms with E-state index in [1.807, 2.05) is 43.3 Å². The lowest BCUT2D eigenvalue weighted by atomic mass is 10.1. The van der Waals surface area contributed by atoms with Crippen LogP contribution in [0.3, 0.4) is 0 Å². The smallest absolute Gasteiger partial charge is 0.255 e. The number of carbonyl (C=O) groups is 2. The fourth-order valence-corrected chi connectivity index (χ4v) is 2.95. The standard InChI is InChI=1S/C24H21N3O2/c1-2-27(17-18-7-4-3-5-8-18)24(29)21-13-11-20(12-14-21)23(28)26-22-10-6-9-19(15-22)16-25/h3-15H,2,17H2,1H3,(H,26,28). The highest BCUT2D eigenvalue weighted by molar-refractivity contribution is 6.05. The van der Waals surface area contributed by atoms with Crippen molar-refractivity contribution >= 4 is 17.5 Å². The van der Waals surface area contributed by atoms with Crippen LogP contribution >= 0.6 is 0 Å². The minimum Gasteiger partial charge on any atom is -0.335 e. The molecule has 0 unspecified atom stereocenters. The van der Waals surface area contributed by atoms with E-state index >= 15 is 0 Å². The first kappa shape index (κ1) is 19.8. The van der Waals surface area contributed by atoms with Crippen molar-refractivity contribution < 1.29 is 9.59 Å². The molecule has 0 aliphatic heterocycles. The molecule has 5 heteroatoms. The van der Waals surface area contributed by atoms with Gasteiger partial charge in [-0.25, -0.2) is 0 Å². The van der Waals surface area contributed by atoms with Crippen LogP contribution in [0.25, 0.3) is 0 Å². The molecule has 3 aromatic carbocycles. The molecular formula is C24H21N3O2. The summed E-state index contributed by atoms with van der Waals surface area (Å²) in [5.41, 5.74) is 3.06. The zero-order chi connectivity index (χ0) is 20.6.